The van der Waals surface area contributed by atoms with Gasteiger partial charge in [0.05, 0.1) is 5.69 Å². The molecule has 0 saturated heterocycles. The number of aromatic nitrogens is 1. The molecule has 108 valence electrons. The monoisotopic (exact) mass is 288 g/mol. The minimum atomic E-state index is 0.475. The fraction of sp³-hybridized carbons (Fsp3) is 0.471. The molecule has 1 aromatic heterocycles. The fourth-order valence-corrected chi connectivity index (χ4v) is 3.40. The Hall–Kier alpha value is -1.19. The summed E-state index contributed by atoms with van der Waals surface area (Å²) in [5.74, 6) is 0.475. The number of hydrogen-bond donors (Lipinski definition) is 1. The quantitative estimate of drug-likeness (QED) is 0.776. The molecule has 0 unspecified atom stereocenters. The number of nitrogens with zero attached hydrogens (tertiary/aromatic N) is 1. The van der Waals surface area contributed by atoms with Crippen LogP contribution in [0, 0.1) is 6.92 Å². The van der Waals surface area contributed by atoms with E-state index in [0.29, 0.717) is 5.92 Å². The van der Waals surface area contributed by atoms with E-state index in [1.165, 1.54) is 28.1 Å². The summed E-state index contributed by atoms with van der Waals surface area (Å²) >= 11 is 1.83. The highest BCUT2D eigenvalue weighted by Gasteiger charge is 2.14. The smallest absolute Gasteiger partial charge is 0.123 e. The third kappa shape index (κ3) is 3.68. The Morgan fingerprint density at radius 1 is 1.30 bits per heavy atom. The van der Waals surface area contributed by atoms with E-state index < -0.39 is 0 Å². The molecule has 1 N–H and O–H groups in total. The zero-order valence-electron chi connectivity index (χ0n) is 12.9. The third-order valence-electron chi connectivity index (χ3n) is 3.25. The van der Waals surface area contributed by atoms with Crippen molar-refractivity contribution in [3.63, 3.8) is 0 Å². The number of thiazole rings is 1. The highest BCUT2D eigenvalue weighted by atomic mass is 32.1. The molecule has 0 aliphatic rings. The van der Waals surface area contributed by atoms with E-state index in [1.807, 2.05) is 11.3 Å². The minimum Gasteiger partial charge on any atom is -0.312 e. The molecule has 0 radical (unpaired) electrons. The maximum absolute atomic E-state index is 4.88. The Morgan fingerprint density at radius 3 is 2.75 bits per heavy atom. The van der Waals surface area contributed by atoms with Crippen LogP contribution >= 0.6 is 11.3 Å². The standard InChI is InChI=1S/C17H24N2S/c1-5-9-18-11-15-16(12(2)3)19-17(20-15)14-8-6-7-13(4)10-14/h6-8,10,12,18H,5,9,11H2,1-4H3. The number of aryl methyl sites for hydroxylation is 1. The minimum absolute atomic E-state index is 0.475. The Kier molecular flexibility index (Phi) is 5.32. The van der Waals surface area contributed by atoms with Crippen LogP contribution in [0.15, 0.2) is 24.3 Å². The lowest BCUT2D eigenvalue weighted by atomic mass is 10.1. The van der Waals surface area contributed by atoms with Gasteiger partial charge in [-0.15, -0.1) is 11.3 Å². The topological polar surface area (TPSA) is 24.9 Å². The normalized spacial score (nSPS) is 11.2. The van der Waals surface area contributed by atoms with Gasteiger partial charge in [-0.25, -0.2) is 4.98 Å². The SMILES string of the molecule is CCCNCc1sc(-c2cccc(C)c2)nc1C(C)C. The molecule has 2 rings (SSSR count). The van der Waals surface area contributed by atoms with Crippen LogP contribution in [0.4, 0.5) is 0 Å². The van der Waals surface area contributed by atoms with E-state index in [9.17, 15) is 0 Å². The van der Waals surface area contributed by atoms with Gasteiger partial charge in [-0.1, -0.05) is 44.5 Å². The van der Waals surface area contributed by atoms with Crippen LogP contribution in [0.5, 0.6) is 0 Å². The largest absolute Gasteiger partial charge is 0.312 e. The van der Waals surface area contributed by atoms with E-state index in [1.54, 1.807) is 0 Å². The molecule has 0 bridgehead atoms. The van der Waals surface area contributed by atoms with Crippen LogP contribution in [0.3, 0.4) is 0 Å². The lowest BCUT2D eigenvalue weighted by Gasteiger charge is -2.05. The summed E-state index contributed by atoms with van der Waals surface area (Å²) in [6, 6.07) is 8.60. The Morgan fingerprint density at radius 2 is 2.10 bits per heavy atom. The first kappa shape index (κ1) is 15.2. The van der Waals surface area contributed by atoms with Crippen molar-refractivity contribution in [2.45, 2.75) is 46.6 Å². The highest BCUT2D eigenvalue weighted by Crippen LogP contribution is 2.32. The average Bonchev–Trinajstić information content (AvgIpc) is 2.83. The van der Waals surface area contributed by atoms with Gasteiger partial charge in [0, 0.05) is 17.0 Å². The molecular formula is C17H24N2S. The highest BCUT2D eigenvalue weighted by molar-refractivity contribution is 7.15. The second kappa shape index (κ2) is 7.00. The van der Waals surface area contributed by atoms with Crippen molar-refractivity contribution in [2.75, 3.05) is 6.54 Å². The average molecular weight is 288 g/mol. The van der Waals surface area contributed by atoms with E-state index in [2.05, 4.69) is 57.3 Å². The third-order valence-corrected chi connectivity index (χ3v) is 4.37. The van der Waals surface area contributed by atoms with Crippen LogP contribution in [-0.4, -0.2) is 11.5 Å². The van der Waals surface area contributed by atoms with Gasteiger partial charge in [0.1, 0.15) is 5.01 Å². The van der Waals surface area contributed by atoms with E-state index >= 15 is 0 Å². The maximum atomic E-state index is 4.88. The Labute approximate surface area is 126 Å². The van der Waals surface area contributed by atoms with Crippen molar-refractivity contribution >= 4 is 11.3 Å². The summed E-state index contributed by atoms with van der Waals surface area (Å²) in [5, 5.41) is 4.64. The maximum Gasteiger partial charge on any atom is 0.123 e. The lowest BCUT2D eigenvalue weighted by molar-refractivity contribution is 0.670. The number of hydrogen-bond acceptors (Lipinski definition) is 3. The molecule has 2 aromatic rings. The van der Waals surface area contributed by atoms with Gasteiger partial charge in [-0.2, -0.15) is 0 Å². The van der Waals surface area contributed by atoms with Gasteiger partial charge >= 0.3 is 0 Å². The van der Waals surface area contributed by atoms with Crippen molar-refractivity contribution < 1.29 is 0 Å². The molecule has 0 saturated carbocycles. The molecule has 0 amide bonds. The second-order valence-electron chi connectivity index (χ2n) is 5.53. The van der Waals surface area contributed by atoms with E-state index in [4.69, 9.17) is 4.98 Å². The Balaban J connectivity index is 2.28. The number of nitrogens with one attached hydrogen (secondary N) is 1. The Bertz CT molecular complexity index is 558. The predicted octanol–water partition coefficient (Wildman–Crippen LogP) is 4.74. The summed E-state index contributed by atoms with van der Waals surface area (Å²) in [6.07, 6.45) is 1.17. The first-order valence-electron chi connectivity index (χ1n) is 7.39. The molecule has 0 aliphatic carbocycles. The van der Waals surface area contributed by atoms with Crippen molar-refractivity contribution in [1.29, 1.82) is 0 Å². The summed E-state index contributed by atoms with van der Waals surface area (Å²) in [6.45, 7) is 10.8. The zero-order chi connectivity index (χ0) is 14.5. The van der Waals surface area contributed by atoms with Crippen molar-refractivity contribution in [2.24, 2.45) is 0 Å². The van der Waals surface area contributed by atoms with Crippen LogP contribution in [0.25, 0.3) is 10.6 Å². The van der Waals surface area contributed by atoms with Crippen molar-refractivity contribution in [3.8, 4) is 10.6 Å². The van der Waals surface area contributed by atoms with Crippen LogP contribution in [0.1, 0.15) is 49.2 Å². The second-order valence-corrected chi connectivity index (χ2v) is 6.61. The molecule has 1 aromatic carbocycles. The first-order valence-corrected chi connectivity index (χ1v) is 8.20. The predicted molar refractivity (Wildman–Crippen MR) is 88.4 cm³/mol. The van der Waals surface area contributed by atoms with Gasteiger partial charge < -0.3 is 5.32 Å². The van der Waals surface area contributed by atoms with Gasteiger partial charge in [-0.3, -0.25) is 0 Å². The van der Waals surface area contributed by atoms with Crippen LogP contribution in [0.2, 0.25) is 0 Å². The van der Waals surface area contributed by atoms with Gasteiger partial charge in [-0.05, 0) is 31.9 Å². The fourth-order valence-electron chi connectivity index (χ4n) is 2.22. The molecule has 20 heavy (non-hydrogen) atoms. The molecule has 3 heteroatoms. The molecule has 2 nitrogen and oxygen atoms in total. The molecule has 0 fully saturated rings. The molecule has 0 aliphatic heterocycles. The van der Waals surface area contributed by atoms with Gasteiger partial charge in [0.2, 0.25) is 0 Å². The zero-order valence-corrected chi connectivity index (χ0v) is 13.7. The molecular weight excluding hydrogens is 264 g/mol. The van der Waals surface area contributed by atoms with Crippen molar-refractivity contribution in [1.82, 2.24) is 10.3 Å². The van der Waals surface area contributed by atoms with Crippen LogP contribution < -0.4 is 5.32 Å². The molecule has 0 spiro atoms. The van der Waals surface area contributed by atoms with Gasteiger partial charge in [0.15, 0.2) is 0 Å². The van der Waals surface area contributed by atoms with Crippen LogP contribution in [-0.2, 0) is 6.54 Å². The molecule has 1 heterocycles. The van der Waals surface area contributed by atoms with Gasteiger partial charge in [0.25, 0.3) is 0 Å². The first-order chi connectivity index (χ1) is 9.61. The molecule has 0 atom stereocenters. The van der Waals surface area contributed by atoms with Crippen molar-refractivity contribution in [3.05, 3.63) is 40.4 Å². The summed E-state index contributed by atoms with van der Waals surface area (Å²) in [7, 11) is 0. The summed E-state index contributed by atoms with van der Waals surface area (Å²) in [5.41, 5.74) is 3.77. The number of benzene rings is 1. The number of rotatable bonds is 6. The van der Waals surface area contributed by atoms with E-state index in [0.717, 1.165) is 18.1 Å². The summed E-state index contributed by atoms with van der Waals surface area (Å²) in [4.78, 5) is 6.26. The summed E-state index contributed by atoms with van der Waals surface area (Å²) < 4.78 is 0. The lowest BCUT2D eigenvalue weighted by Crippen LogP contribution is -2.14. The van der Waals surface area contributed by atoms with E-state index in [-0.39, 0.29) is 0 Å².